The van der Waals surface area contributed by atoms with Crippen molar-refractivity contribution < 1.29 is 0 Å². The molecule has 1 aliphatic carbocycles. The van der Waals surface area contributed by atoms with E-state index in [2.05, 4.69) is 32.2 Å². The van der Waals surface area contributed by atoms with Crippen molar-refractivity contribution >= 4 is 23.2 Å². The molecular formula is C17H25Cl2N. The first kappa shape index (κ1) is 16.1. The summed E-state index contributed by atoms with van der Waals surface area (Å²) >= 11 is 12.3. The molecule has 1 aromatic rings. The van der Waals surface area contributed by atoms with E-state index in [9.17, 15) is 0 Å². The molecule has 0 aromatic heterocycles. The number of hydrogen-bond acceptors (Lipinski definition) is 1. The molecule has 20 heavy (non-hydrogen) atoms. The van der Waals surface area contributed by atoms with Crippen LogP contribution >= 0.6 is 23.2 Å². The Hall–Kier alpha value is -0.240. The van der Waals surface area contributed by atoms with Gasteiger partial charge < -0.3 is 5.32 Å². The first-order valence-electron chi connectivity index (χ1n) is 7.65. The van der Waals surface area contributed by atoms with Crippen molar-refractivity contribution in [2.45, 2.75) is 52.6 Å². The molecule has 112 valence electrons. The van der Waals surface area contributed by atoms with Crippen LogP contribution in [0.3, 0.4) is 0 Å². The van der Waals surface area contributed by atoms with Gasteiger partial charge in [-0.25, -0.2) is 0 Å². The van der Waals surface area contributed by atoms with Crippen molar-refractivity contribution in [2.75, 3.05) is 0 Å². The molecule has 0 spiro atoms. The SMILES string of the molecule is CC1CCC(C(C)C)C(NCc2cccc(Cl)c2Cl)C1. The molecule has 3 unspecified atom stereocenters. The first-order chi connectivity index (χ1) is 9.49. The third-order valence-electron chi connectivity index (χ3n) is 4.61. The molecule has 0 amide bonds. The van der Waals surface area contributed by atoms with E-state index in [4.69, 9.17) is 23.2 Å². The summed E-state index contributed by atoms with van der Waals surface area (Å²) < 4.78 is 0. The molecule has 3 atom stereocenters. The Morgan fingerprint density at radius 1 is 1.25 bits per heavy atom. The van der Waals surface area contributed by atoms with Gasteiger partial charge in [-0.05, 0) is 42.2 Å². The van der Waals surface area contributed by atoms with Crippen LogP contribution in [0.1, 0.15) is 45.6 Å². The fourth-order valence-corrected chi connectivity index (χ4v) is 3.75. The van der Waals surface area contributed by atoms with Crippen LogP contribution in [0.2, 0.25) is 10.0 Å². The average Bonchev–Trinajstić information content (AvgIpc) is 2.40. The predicted molar refractivity (Wildman–Crippen MR) is 88.4 cm³/mol. The molecule has 1 N–H and O–H groups in total. The van der Waals surface area contributed by atoms with Crippen LogP contribution in [0.5, 0.6) is 0 Å². The van der Waals surface area contributed by atoms with Crippen molar-refractivity contribution in [3.8, 4) is 0 Å². The average molecular weight is 314 g/mol. The highest BCUT2D eigenvalue weighted by Crippen LogP contribution is 2.34. The van der Waals surface area contributed by atoms with Crippen molar-refractivity contribution in [2.24, 2.45) is 17.8 Å². The number of benzene rings is 1. The molecular weight excluding hydrogens is 289 g/mol. The summed E-state index contributed by atoms with van der Waals surface area (Å²) in [4.78, 5) is 0. The second-order valence-electron chi connectivity index (χ2n) is 6.53. The lowest BCUT2D eigenvalue weighted by atomic mass is 9.74. The van der Waals surface area contributed by atoms with Crippen LogP contribution in [0.4, 0.5) is 0 Å². The second kappa shape index (κ2) is 7.15. The highest BCUT2D eigenvalue weighted by molar-refractivity contribution is 6.42. The fourth-order valence-electron chi connectivity index (χ4n) is 3.36. The van der Waals surface area contributed by atoms with E-state index in [-0.39, 0.29) is 0 Å². The molecule has 1 aromatic carbocycles. The molecule has 1 nitrogen and oxygen atoms in total. The van der Waals surface area contributed by atoms with E-state index in [1.807, 2.05) is 12.1 Å². The molecule has 3 heteroatoms. The maximum atomic E-state index is 6.27. The summed E-state index contributed by atoms with van der Waals surface area (Å²) in [7, 11) is 0. The van der Waals surface area contributed by atoms with Gasteiger partial charge in [-0.1, -0.05) is 62.5 Å². The van der Waals surface area contributed by atoms with Gasteiger partial charge in [-0.2, -0.15) is 0 Å². The first-order valence-corrected chi connectivity index (χ1v) is 8.41. The van der Waals surface area contributed by atoms with Crippen molar-refractivity contribution in [3.05, 3.63) is 33.8 Å². The van der Waals surface area contributed by atoms with E-state index < -0.39 is 0 Å². The summed E-state index contributed by atoms with van der Waals surface area (Å²) in [5.41, 5.74) is 1.10. The maximum absolute atomic E-state index is 6.27. The zero-order valence-electron chi connectivity index (χ0n) is 12.6. The molecule has 0 aliphatic heterocycles. The van der Waals surface area contributed by atoms with Gasteiger partial charge in [0.2, 0.25) is 0 Å². The van der Waals surface area contributed by atoms with Gasteiger partial charge in [-0.15, -0.1) is 0 Å². The minimum absolute atomic E-state index is 0.591. The van der Waals surface area contributed by atoms with Gasteiger partial charge in [0.1, 0.15) is 0 Å². The van der Waals surface area contributed by atoms with E-state index in [0.717, 1.165) is 29.9 Å². The minimum atomic E-state index is 0.591. The number of halogens is 2. The van der Waals surface area contributed by atoms with E-state index in [1.165, 1.54) is 19.3 Å². The molecule has 1 aliphatic rings. The Morgan fingerprint density at radius 3 is 2.70 bits per heavy atom. The summed E-state index contributed by atoms with van der Waals surface area (Å²) in [6.45, 7) is 7.83. The number of hydrogen-bond donors (Lipinski definition) is 1. The topological polar surface area (TPSA) is 12.0 Å². The lowest BCUT2D eigenvalue weighted by molar-refractivity contribution is 0.169. The molecule has 0 saturated heterocycles. The highest BCUT2D eigenvalue weighted by atomic mass is 35.5. The zero-order valence-corrected chi connectivity index (χ0v) is 14.1. The van der Waals surface area contributed by atoms with Crippen molar-refractivity contribution in [1.29, 1.82) is 0 Å². The predicted octanol–water partition coefficient (Wildman–Crippen LogP) is 5.54. The van der Waals surface area contributed by atoms with Crippen LogP contribution in [-0.4, -0.2) is 6.04 Å². The zero-order chi connectivity index (χ0) is 14.7. The van der Waals surface area contributed by atoms with Crippen molar-refractivity contribution in [1.82, 2.24) is 5.32 Å². The Labute approximate surface area is 133 Å². The van der Waals surface area contributed by atoms with Gasteiger partial charge in [-0.3, -0.25) is 0 Å². The smallest absolute Gasteiger partial charge is 0.0637 e. The fraction of sp³-hybridized carbons (Fsp3) is 0.647. The second-order valence-corrected chi connectivity index (χ2v) is 7.31. The standard InChI is InChI=1S/C17H25Cl2N/c1-11(2)14-8-7-12(3)9-16(14)20-10-13-5-4-6-15(18)17(13)19/h4-6,11-12,14,16,20H,7-10H2,1-3H3. The van der Waals surface area contributed by atoms with Gasteiger partial charge >= 0.3 is 0 Å². The van der Waals surface area contributed by atoms with Crippen LogP contribution in [0.25, 0.3) is 0 Å². The maximum Gasteiger partial charge on any atom is 0.0637 e. The summed E-state index contributed by atoms with van der Waals surface area (Å²) in [5.74, 6) is 2.32. The van der Waals surface area contributed by atoms with E-state index >= 15 is 0 Å². The Balaban J connectivity index is 2.02. The highest BCUT2D eigenvalue weighted by Gasteiger charge is 2.30. The van der Waals surface area contributed by atoms with Crippen LogP contribution < -0.4 is 5.32 Å². The number of nitrogens with one attached hydrogen (secondary N) is 1. The van der Waals surface area contributed by atoms with Gasteiger partial charge in [0, 0.05) is 12.6 Å². The quantitative estimate of drug-likeness (QED) is 0.769. The largest absolute Gasteiger partial charge is 0.310 e. The normalized spacial score (nSPS) is 27.0. The van der Waals surface area contributed by atoms with E-state index in [0.29, 0.717) is 16.1 Å². The summed E-state index contributed by atoms with van der Waals surface area (Å²) in [5, 5.41) is 5.05. The van der Waals surface area contributed by atoms with E-state index in [1.54, 1.807) is 0 Å². The Bertz CT molecular complexity index is 445. The molecule has 1 saturated carbocycles. The Kier molecular flexibility index (Phi) is 5.77. The van der Waals surface area contributed by atoms with Crippen LogP contribution in [-0.2, 0) is 6.54 Å². The molecule has 2 rings (SSSR count). The van der Waals surface area contributed by atoms with Crippen molar-refractivity contribution in [3.63, 3.8) is 0 Å². The molecule has 0 heterocycles. The molecule has 0 bridgehead atoms. The monoisotopic (exact) mass is 313 g/mol. The van der Waals surface area contributed by atoms with Crippen LogP contribution in [0.15, 0.2) is 18.2 Å². The minimum Gasteiger partial charge on any atom is -0.310 e. The Morgan fingerprint density at radius 2 is 2.00 bits per heavy atom. The van der Waals surface area contributed by atoms with Gasteiger partial charge in [0.25, 0.3) is 0 Å². The summed E-state index contributed by atoms with van der Waals surface area (Å²) in [6.07, 6.45) is 3.96. The lowest BCUT2D eigenvalue weighted by Gasteiger charge is -2.38. The molecule has 0 radical (unpaired) electrons. The number of rotatable bonds is 4. The third-order valence-corrected chi connectivity index (χ3v) is 5.47. The van der Waals surface area contributed by atoms with Gasteiger partial charge in [0.15, 0.2) is 0 Å². The molecule has 1 fully saturated rings. The summed E-state index contributed by atoms with van der Waals surface area (Å²) in [6, 6.07) is 6.45. The van der Waals surface area contributed by atoms with Crippen LogP contribution in [0, 0.1) is 17.8 Å². The van der Waals surface area contributed by atoms with Gasteiger partial charge in [0.05, 0.1) is 10.0 Å². The lowest BCUT2D eigenvalue weighted by Crippen LogP contribution is -2.42. The third kappa shape index (κ3) is 3.90.